The molecule has 2 heterocycles. The lowest BCUT2D eigenvalue weighted by Crippen LogP contribution is -2.56. The molecule has 1 fully saturated rings. The quantitative estimate of drug-likeness (QED) is 0.0756. The molecule has 4 rings (SSSR count). The Bertz CT molecular complexity index is 1950. The number of rotatable bonds is 20. The maximum Gasteiger partial charge on any atom is 0.407 e. The molecule has 1 aliphatic rings. The maximum atomic E-state index is 15.5. The van der Waals surface area contributed by atoms with Crippen molar-refractivity contribution in [2.75, 3.05) is 19.7 Å². The van der Waals surface area contributed by atoms with E-state index < -0.39 is 52.8 Å². The number of benzene rings is 2. The summed E-state index contributed by atoms with van der Waals surface area (Å²) >= 11 is 1.61. The highest BCUT2D eigenvalue weighted by atomic mass is 32.1. The van der Waals surface area contributed by atoms with Crippen molar-refractivity contribution >= 4 is 35.2 Å². The van der Waals surface area contributed by atoms with E-state index in [0.29, 0.717) is 32.2 Å². The van der Waals surface area contributed by atoms with Crippen molar-refractivity contribution < 1.29 is 42.5 Å². The van der Waals surface area contributed by atoms with E-state index in [1.54, 1.807) is 37.0 Å². The van der Waals surface area contributed by atoms with Crippen LogP contribution >= 0.6 is 11.3 Å². The number of nitrogens with zero attached hydrogens (tertiary/aromatic N) is 2. The van der Waals surface area contributed by atoms with Crippen molar-refractivity contribution in [1.82, 2.24) is 25.8 Å². The van der Waals surface area contributed by atoms with Crippen molar-refractivity contribution in [3.05, 3.63) is 70.4 Å². The zero-order chi connectivity index (χ0) is 45.1. The summed E-state index contributed by atoms with van der Waals surface area (Å²) in [6.07, 6.45) is 0.492. The van der Waals surface area contributed by atoms with Gasteiger partial charge < -0.3 is 41.2 Å². The fourth-order valence-corrected chi connectivity index (χ4v) is 8.01. The molecule has 13 nitrogen and oxygen atoms in total. The number of thiazole rings is 1. The molecule has 5 atom stereocenters. The van der Waals surface area contributed by atoms with Crippen molar-refractivity contribution in [2.45, 2.75) is 143 Å². The number of alkyl carbamates (subject to hydrolysis) is 1. The van der Waals surface area contributed by atoms with Crippen molar-refractivity contribution in [2.24, 2.45) is 11.1 Å². The zero-order valence-electron chi connectivity index (χ0n) is 36.7. The third-order valence-electron chi connectivity index (χ3n) is 10.6. The van der Waals surface area contributed by atoms with Gasteiger partial charge in [-0.1, -0.05) is 51.5 Å². The Balaban J connectivity index is 1.27. The van der Waals surface area contributed by atoms with Gasteiger partial charge in [0.15, 0.2) is 11.6 Å². The summed E-state index contributed by atoms with van der Waals surface area (Å²) in [5, 5.41) is 19.7. The standard InChI is InChI=1S/C45H64F2N6O7S/c1-27(29-14-16-30(17-15-29)40-28(2)50-26-61-40)49-23-32-22-33(54)24-53(32)42(57)41(44(3,4)5)52-38(56)13-11-9-10-12-34-35(46)19-20-36(39(34)47)59-25-31(18-21-37(48)55)51-43(58)60-45(6,7)8/h14-17,19-20,26-27,31-33,41,49,54H,9-13,18,21-25H2,1-8H3,(H2,48,55)(H,51,58)(H,52,56)/t27-,31-,32-,33+,41?/m0/s1. The minimum atomic E-state index is -0.873. The van der Waals surface area contributed by atoms with E-state index in [0.717, 1.165) is 33.8 Å². The Morgan fingerprint density at radius 2 is 1.70 bits per heavy atom. The van der Waals surface area contributed by atoms with Crippen LogP contribution in [0.4, 0.5) is 13.6 Å². The van der Waals surface area contributed by atoms with E-state index in [2.05, 4.69) is 52.1 Å². The number of unbranched alkanes of at least 4 members (excludes halogenated alkanes) is 2. The number of nitrogens with one attached hydrogen (secondary N) is 3. The number of ether oxygens (including phenoxy) is 2. The molecule has 4 amide bonds. The largest absolute Gasteiger partial charge is 0.488 e. The van der Waals surface area contributed by atoms with Crippen LogP contribution in [-0.4, -0.2) is 88.3 Å². The molecule has 3 aromatic rings. The number of aromatic nitrogens is 1. The van der Waals surface area contributed by atoms with Gasteiger partial charge in [-0.15, -0.1) is 11.3 Å². The molecule has 61 heavy (non-hydrogen) atoms. The Morgan fingerprint density at radius 3 is 2.33 bits per heavy atom. The third-order valence-corrected chi connectivity index (χ3v) is 11.5. The van der Waals surface area contributed by atoms with Crippen LogP contribution in [0.25, 0.3) is 10.4 Å². The second-order valence-corrected chi connectivity index (χ2v) is 18.8. The van der Waals surface area contributed by atoms with E-state index >= 15 is 4.39 Å². The van der Waals surface area contributed by atoms with Gasteiger partial charge in [-0.2, -0.15) is 0 Å². The van der Waals surface area contributed by atoms with Gasteiger partial charge >= 0.3 is 6.09 Å². The molecular formula is C45H64F2N6O7S. The molecule has 0 spiro atoms. The topological polar surface area (TPSA) is 185 Å². The minimum absolute atomic E-state index is 0.0113. The van der Waals surface area contributed by atoms with Gasteiger partial charge in [0.25, 0.3) is 0 Å². The second kappa shape index (κ2) is 21.9. The number of carbonyl (C=O) groups is 4. The summed E-state index contributed by atoms with van der Waals surface area (Å²) in [6, 6.07) is 8.74. The van der Waals surface area contributed by atoms with Gasteiger partial charge in [-0.25, -0.2) is 18.6 Å². The van der Waals surface area contributed by atoms with Crippen LogP contribution in [0.5, 0.6) is 5.75 Å². The number of amides is 4. The number of carbonyl (C=O) groups excluding carboxylic acids is 4. The van der Waals surface area contributed by atoms with Crippen molar-refractivity contribution in [1.29, 1.82) is 0 Å². The molecule has 1 saturated heterocycles. The predicted octanol–water partition coefficient (Wildman–Crippen LogP) is 6.88. The van der Waals surface area contributed by atoms with Gasteiger partial charge in [0.1, 0.15) is 24.1 Å². The first-order chi connectivity index (χ1) is 28.6. The molecule has 1 unspecified atom stereocenters. The van der Waals surface area contributed by atoms with Crippen molar-refractivity contribution in [3.63, 3.8) is 0 Å². The van der Waals surface area contributed by atoms with Crippen LogP contribution in [0.3, 0.4) is 0 Å². The van der Waals surface area contributed by atoms with Gasteiger partial charge in [-0.05, 0) is 95.4 Å². The molecule has 0 saturated carbocycles. The molecule has 1 aromatic heterocycles. The van der Waals surface area contributed by atoms with Gasteiger partial charge in [0, 0.05) is 43.6 Å². The number of primary amides is 1. The number of hydrogen-bond donors (Lipinski definition) is 5. The summed E-state index contributed by atoms with van der Waals surface area (Å²) < 4.78 is 41.2. The number of β-amino-alcohol motifs (C(OH)–C–C–N with tert-alkyl or cyclic N) is 1. The Kier molecular flexibility index (Phi) is 17.6. The fourth-order valence-electron chi connectivity index (χ4n) is 7.19. The Labute approximate surface area is 362 Å². The average Bonchev–Trinajstić information content (AvgIpc) is 3.78. The Hall–Kier alpha value is -4.67. The molecular weight excluding hydrogens is 807 g/mol. The lowest BCUT2D eigenvalue weighted by molar-refractivity contribution is -0.140. The summed E-state index contributed by atoms with van der Waals surface area (Å²) in [7, 11) is 0. The molecule has 0 aliphatic carbocycles. The number of aliphatic hydroxyl groups excluding tert-OH is 1. The number of hydrogen-bond acceptors (Lipinski definition) is 10. The van der Waals surface area contributed by atoms with Gasteiger partial charge in [-0.3, -0.25) is 14.4 Å². The van der Waals surface area contributed by atoms with Gasteiger partial charge in [0.05, 0.1) is 28.2 Å². The highest BCUT2D eigenvalue weighted by Gasteiger charge is 2.42. The molecule has 0 bridgehead atoms. The van der Waals surface area contributed by atoms with Gasteiger partial charge in [0.2, 0.25) is 17.7 Å². The first-order valence-corrected chi connectivity index (χ1v) is 21.9. The van der Waals surface area contributed by atoms with Crippen molar-refractivity contribution in [3.8, 4) is 16.2 Å². The first kappa shape index (κ1) is 49.0. The van der Waals surface area contributed by atoms with E-state index in [1.165, 1.54) is 0 Å². The smallest absolute Gasteiger partial charge is 0.407 e. The van der Waals surface area contributed by atoms with Crippen LogP contribution in [-0.2, 0) is 25.5 Å². The lowest BCUT2D eigenvalue weighted by Gasteiger charge is -2.36. The van der Waals surface area contributed by atoms with E-state index in [4.69, 9.17) is 15.2 Å². The molecule has 6 N–H and O–H groups in total. The predicted molar refractivity (Wildman–Crippen MR) is 232 cm³/mol. The number of aliphatic hydroxyl groups is 1. The maximum absolute atomic E-state index is 15.5. The first-order valence-electron chi connectivity index (χ1n) is 21.0. The van der Waals surface area contributed by atoms with Crippen LogP contribution < -0.4 is 26.4 Å². The van der Waals surface area contributed by atoms with Crippen LogP contribution in [0.15, 0.2) is 41.9 Å². The summed E-state index contributed by atoms with van der Waals surface area (Å²) in [4.78, 5) is 58.2. The number of halogens is 2. The summed E-state index contributed by atoms with van der Waals surface area (Å²) in [5.41, 5.74) is 8.76. The number of nitrogens with two attached hydrogens (primary N) is 1. The molecule has 336 valence electrons. The SMILES string of the molecule is Cc1ncsc1-c1ccc([C@H](C)NC[C@@H]2C[C@@H](O)CN2C(=O)C(NC(=O)CCCCCc2c(F)ccc(OC[C@H](CCC(N)=O)NC(=O)OC(C)(C)C)c2F)C(C)(C)C)cc1. The normalized spacial score (nSPS) is 17.1. The monoisotopic (exact) mass is 870 g/mol. The van der Waals surface area contributed by atoms with E-state index in [1.807, 2.05) is 33.2 Å². The zero-order valence-corrected chi connectivity index (χ0v) is 37.6. The lowest BCUT2D eigenvalue weighted by atomic mass is 9.85. The van der Waals surface area contributed by atoms with Crippen LogP contribution in [0.1, 0.15) is 116 Å². The minimum Gasteiger partial charge on any atom is -0.488 e. The highest BCUT2D eigenvalue weighted by molar-refractivity contribution is 7.13. The van der Waals surface area contributed by atoms with E-state index in [9.17, 15) is 28.7 Å². The highest BCUT2D eigenvalue weighted by Crippen LogP contribution is 2.30. The van der Waals surface area contributed by atoms with E-state index in [-0.39, 0.29) is 74.0 Å². The average molecular weight is 871 g/mol. The molecule has 16 heteroatoms. The second-order valence-electron chi connectivity index (χ2n) is 18.0. The number of likely N-dealkylation sites (tertiary alicyclic amines) is 1. The van der Waals surface area contributed by atoms with Crippen LogP contribution in [0.2, 0.25) is 0 Å². The summed E-state index contributed by atoms with van der Waals surface area (Å²) in [6.45, 7) is 15.2. The Morgan fingerprint density at radius 1 is 1.00 bits per heavy atom. The summed E-state index contributed by atoms with van der Waals surface area (Å²) in [5.74, 6) is -2.98. The third kappa shape index (κ3) is 15.0. The number of aryl methyl sites for hydroxylation is 1. The van der Waals surface area contributed by atoms with Crippen LogP contribution in [0, 0.1) is 24.0 Å². The molecule has 0 radical (unpaired) electrons. The molecule has 1 aliphatic heterocycles. The fraction of sp³-hybridized carbons (Fsp3) is 0.578. The molecule has 2 aromatic carbocycles.